The molecule has 0 spiro atoms. The maximum absolute atomic E-state index is 12.0. The first-order valence-electron chi connectivity index (χ1n) is 8.41. The Morgan fingerprint density at radius 1 is 1.41 bits per heavy atom. The van der Waals surface area contributed by atoms with Crippen LogP contribution in [0, 0.1) is 0 Å². The molecule has 1 amide bonds. The summed E-state index contributed by atoms with van der Waals surface area (Å²) in [6.07, 6.45) is -0.426. The number of nitrogens with zero attached hydrogens (tertiary/aromatic N) is 1. The number of rotatable bonds is 5. The average Bonchev–Trinajstić information content (AvgIpc) is 2.55. The molecule has 2 atom stereocenters. The molecule has 0 aromatic heterocycles. The van der Waals surface area contributed by atoms with E-state index >= 15 is 0 Å². The van der Waals surface area contributed by atoms with Gasteiger partial charge in [-0.05, 0) is 31.3 Å². The van der Waals surface area contributed by atoms with Gasteiger partial charge in [0.15, 0.2) is 0 Å². The zero-order valence-corrected chi connectivity index (χ0v) is 15.5. The molecule has 0 radical (unpaired) electrons. The second kappa shape index (κ2) is 8.34. The van der Waals surface area contributed by atoms with E-state index in [0.29, 0.717) is 18.3 Å². The quantitative estimate of drug-likeness (QED) is 0.485. The van der Waals surface area contributed by atoms with Crippen LogP contribution in [-0.4, -0.2) is 70.5 Å². The number of carboxylic acids is 1. The highest BCUT2D eigenvalue weighted by atomic mass is 35.5. The van der Waals surface area contributed by atoms with Crippen molar-refractivity contribution in [1.82, 2.24) is 4.90 Å². The van der Waals surface area contributed by atoms with Crippen LogP contribution >= 0.6 is 12.4 Å². The number of ether oxygens (including phenoxy) is 1. The summed E-state index contributed by atoms with van der Waals surface area (Å²) in [6, 6.07) is 2.28. The highest BCUT2D eigenvalue weighted by molar-refractivity contribution is 6.44. The summed E-state index contributed by atoms with van der Waals surface area (Å²) in [5.74, 6) is -1.34. The van der Waals surface area contributed by atoms with E-state index < -0.39 is 25.2 Å². The number of carbonyl (C=O) groups is 2. The SMILES string of the molecule is CC(O)[C@H](N)C(=O)N1CC(Oc2ccc3c(c2C(=O)O)OB(O)CC3)C1.Cl. The predicted octanol–water partition coefficient (Wildman–Crippen LogP) is -0.480. The molecule has 27 heavy (non-hydrogen) atoms. The van der Waals surface area contributed by atoms with Crippen LogP contribution < -0.4 is 15.1 Å². The van der Waals surface area contributed by atoms with Gasteiger partial charge in [0, 0.05) is 0 Å². The molecule has 1 aromatic rings. The van der Waals surface area contributed by atoms with Crippen LogP contribution in [0.1, 0.15) is 22.8 Å². The highest BCUT2D eigenvalue weighted by Gasteiger charge is 2.37. The molecule has 2 aliphatic rings. The molecule has 3 rings (SSSR count). The zero-order chi connectivity index (χ0) is 19.0. The molecule has 1 saturated heterocycles. The molecule has 2 heterocycles. The van der Waals surface area contributed by atoms with Crippen LogP contribution in [0.15, 0.2) is 12.1 Å². The normalized spacial score (nSPS) is 18.4. The molecule has 11 heteroatoms. The fraction of sp³-hybridized carbons (Fsp3) is 0.500. The van der Waals surface area contributed by atoms with E-state index in [1.807, 2.05) is 0 Å². The second-order valence-corrected chi connectivity index (χ2v) is 6.59. The van der Waals surface area contributed by atoms with Gasteiger partial charge in [-0.2, -0.15) is 0 Å². The Bertz CT molecular complexity index is 727. The minimum absolute atomic E-state index is 0. The largest absolute Gasteiger partial charge is 0.535 e. The number of halogens is 1. The van der Waals surface area contributed by atoms with Crippen molar-refractivity contribution in [3.8, 4) is 11.5 Å². The number of aryl methyl sites for hydroxylation is 1. The fourth-order valence-electron chi connectivity index (χ4n) is 3.00. The molecule has 5 N–H and O–H groups in total. The molecule has 148 valence electrons. The van der Waals surface area contributed by atoms with Gasteiger partial charge in [-0.25, -0.2) is 4.79 Å². The van der Waals surface area contributed by atoms with Crippen molar-refractivity contribution < 1.29 is 34.2 Å². The van der Waals surface area contributed by atoms with Crippen molar-refractivity contribution in [3.05, 3.63) is 23.3 Å². The lowest BCUT2D eigenvalue weighted by Gasteiger charge is -2.40. The molecule has 0 aliphatic carbocycles. The van der Waals surface area contributed by atoms with E-state index in [9.17, 15) is 24.8 Å². The molecule has 1 aromatic carbocycles. The molecule has 9 nitrogen and oxygen atoms in total. The Kier molecular flexibility index (Phi) is 6.58. The van der Waals surface area contributed by atoms with Crippen LogP contribution in [0.25, 0.3) is 0 Å². The Morgan fingerprint density at radius 2 is 2.07 bits per heavy atom. The first-order valence-corrected chi connectivity index (χ1v) is 8.41. The number of likely N-dealkylation sites (tertiary alicyclic amines) is 1. The van der Waals surface area contributed by atoms with Crippen LogP contribution in [0.3, 0.4) is 0 Å². The molecule has 2 aliphatic heterocycles. The third-order valence-electron chi connectivity index (χ3n) is 4.59. The monoisotopic (exact) mass is 400 g/mol. The summed E-state index contributed by atoms with van der Waals surface area (Å²) in [5.41, 5.74) is 6.19. The first kappa shape index (κ1) is 21.3. The van der Waals surface area contributed by atoms with Gasteiger partial charge in [0.05, 0.1) is 19.2 Å². The number of aliphatic hydroxyl groups is 1. The number of amides is 1. The Morgan fingerprint density at radius 3 is 2.67 bits per heavy atom. The first-order chi connectivity index (χ1) is 12.3. The van der Waals surface area contributed by atoms with Crippen LogP contribution in [0.4, 0.5) is 0 Å². The second-order valence-electron chi connectivity index (χ2n) is 6.59. The number of hydrogen-bond donors (Lipinski definition) is 4. The summed E-state index contributed by atoms with van der Waals surface area (Å²) in [5, 5.41) is 28.6. The molecule has 0 bridgehead atoms. The number of hydrogen-bond acceptors (Lipinski definition) is 7. The van der Waals surface area contributed by atoms with Crippen LogP contribution in [0.2, 0.25) is 6.32 Å². The number of carbonyl (C=O) groups excluding carboxylic acids is 1. The average molecular weight is 401 g/mol. The van der Waals surface area contributed by atoms with E-state index in [0.717, 1.165) is 0 Å². The highest BCUT2D eigenvalue weighted by Crippen LogP contribution is 2.37. The third kappa shape index (κ3) is 4.29. The number of fused-ring (bicyclic) bond motifs is 1. The molecule has 1 fully saturated rings. The Hall–Kier alpha value is -2.01. The topological polar surface area (TPSA) is 143 Å². The van der Waals surface area contributed by atoms with Gasteiger partial charge in [-0.1, -0.05) is 6.07 Å². The Balaban J connectivity index is 0.00000261. The summed E-state index contributed by atoms with van der Waals surface area (Å²) < 4.78 is 11.0. The van der Waals surface area contributed by atoms with Crippen LogP contribution in [-0.2, 0) is 11.2 Å². The van der Waals surface area contributed by atoms with Crippen molar-refractivity contribution in [2.24, 2.45) is 5.73 Å². The van der Waals surface area contributed by atoms with E-state index in [1.165, 1.54) is 11.8 Å². The number of nitrogens with two attached hydrogens (primary N) is 1. The number of aliphatic hydroxyl groups excluding tert-OH is 1. The summed E-state index contributed by atoms with van der Waals surface area (Å²) in [4.78, 5) is 25.1. The van der Waals surface area contributed by atoms with E-state index in [2.05, 4.69) is 0 Å². The van der Waals surface area contributed by atoms with Gasteiger partial charge < -0.3 is 35.3 Å². The van der Waals surface area contributed by atoms with Gasteiger partial charge in [0.1, 0.15) is 29.2 Å². The van der Waals surface area contributed by atoms with Crippen molar-refractivity contribution in [3.63, 3.8) is 0 Å². The van der Waals surface area contributed by atoms with Crippen molar-refractivity contribution in [2.75, 3.05) is 13.1 Å². The predicted molar refractivity (Wildman–Crippen MR) is 98.4 cm³/mol. The van der Waals surface area contributed by atoms with E-state index in [4.69, 9.17) is 15.1 Å². The van der Waals surface area contributed by atoms with Crippen molar-refractivity contribution >= 4 is 31.4 Å². The minimum Gasteiger partial charge on any atom is -0.535 e. The summed E-state index contributed by atoms with van der Waals surface area (Å²) in [6.45, 7) is 1.94. The van der Waals surface area contributed by atoms with Crippen molar-refractivity contribution in [1.29, 1.82) is 0 Å². The fourth-order valence-corrected chi connectivity index (χ4v) is 3.00. The molecular formula is C16H22BClN2O7. The number of benzene rings is 1. The lowest BCUT2D eigenvalue weighted by molar-refractivity contribution is -0.143. The zero-order valence-electron chi connectivity index (χ0n) is 14.7. The Labute approximate surface area is 162 Å². The maximum atomic E-state index is 12.0. The third-order valence-corrected chi connectivity index (χ3v) is 4.59. The summed E-state index contributed by atoms with van der Waals surface area (Å²) in [7, 11) is -1.05. The number of aromatic carboxylic acids is 1. The van der Waals surface area contributed by atoms with E-state index in [-0.39, 0.29) is 54.6 Å². The van der Waals surface area contributed by atoms with Gasteiger partial charge in [-0.3, -0.25) is 4.79 Å². The maximum Gasteiger partial charge on any atom is 0.522 e. The summed E-state index contributed by atoms with van der Waals surface area (Å²) >= 11 is 0. The van der Waals surface area contributed by atoms with E-state index in [1.54, 1.807) is 12.1 Å². The van der Waals surface area contributed by atoms with Gasteiger partial charge in [0.25, 0.3) is 0 Å². The smallest absolute Gasteiger partial charge is 0.522 e. The van der Waals surface area contributed by atoms with Crippen molar-refractivity contribution in [2.45, 2.75) is 37.9 Å². The number of carboxylic acid groups (broad SMARTS) is 1. The lowest BCUT2D eigenvalue weighted by atomic mass is 9.78. The lowest BCUT2D eigenvalue weighted by Crippen LogP contribution is -2.61. The molecule has 0 saturated carbocycles. The standard InChI is InChI=1S/C16H21BN2O7.ClH/c1-8(20)13(18)15(21)19-6-10(7-19)25-11-3-2-9-4-5-17(24)26-14(9)12(11)16(22)23;/h2-3,8,10,13,20,24H,4-7,18H2,1H3,(H,22,23);1H/t8?,13-;/m0./s1. The molecule has 1 unspecified atom stereocenters. The van der Waals surface area contributed by atoms with Gasteiger partial charge in [0.2, 0.25) is 5.91 Å². The molecular weight excluding hydrogens is 378 g/mol. The van der Waals surface area contributed by atoms with Crippen LogP contribution in [0.5, 0.6) is 11.5 Å². The minimum atomic E-state index is -1.21. The van der Waals surface area contributed by atoms with Gasteiger partial charge >= 0.3 is 13.1 Å². The van der Waals surface area contributed by atoms with Gasteiger partial charge in [-0.15, -0.1) is 12.4 Å².